The summed E-state index contributed by atoms with van der Waals surface area (Å²) in [7, 11) is 0. The molecule has 0 radical (unpaired) electrons. The number of aliphatic hydroxyl groups excluding tert-OH is 1. The number of carbonyl (C=O) groups excluding carboxylic acids is 3. The highest BCUT2D eigenvalue weighted by atomic mass is 16.3. The number of fused-ring (bicyclic) bond motifs is 2. The quantitative estimate of drug-likeness (QED) is 0.546. The van der Waals surface area contributed by atoms with Gasteiger partial charge in [-0.05, 0) is 49.7 Å². The van der Waals surface area contributed by atoms with Crippen LogP contribution in [0.25, 0.3) is 10.9 Å². The van der Waals surface area contributed by atoms with Crippen LogP contribution in [0.2, 0.25) is 0 Å². The molecule has 32 heavy (non-hydrogen) atoms. The van der Waals surface area contributed by atoms with Crippen molar-refractivity contribution >= 4 is 28.6 Å². The molecule has 170 valence electrons. The van der Waals surface area contributed by atoms with Crippen molar-refractivity contribution < 1.29 is 19.5 Å². The van der Waals surface area contributed by atoms with Gasteiger partial charge in [0.15, 0.2) is 0 Å². The summed E-state index contributed by atoms with van der Waals surface area (Å²) in [5, 5.41) is 16.6. The Hall–Kier alpha value is -2.87. The van der Waals surface area contributed by atoms with E-state index in [0.717, 1.165) is 30.2 Å². The Morgan fingerprint density at radius 3 is 2.81 bits per heavy atom. The van der Waals surface area contributed by atoms with E-state index < -0.39 is 12.1 Å². The van der Waals surface area contributed by atoms with Crippen LogP contribution in [-0.2, 0) is 9.59 Å². The molecule has 5 atom stereocenters. The maximum Gasteiger partial charge on any atom is 0.271 e. The van der Waals surface area contributed by atoms with E-state index in [2.05, 4.69) is 15.6 Å². The number of benzene rings is 1. The van der Waals surface area contributed by atoms with Crippen molar-refractivity contribution in [1.82, 2.24) is 20.5 Å². The van der Waals surface area contributed by atoms with E-state index in [1.165, 1.54) is 0 Å². The molecule has 3 aliphatic rings. The number of likely N-dealkylation sites (tertiary alicyclic amines) is 1. The summed E-state index contributed by atoms with van der Waals surface area (Å²) < 4.78 is 0. The minimum Gasteiger partial charge on any atom is -0.394 e. The lowest BCUT2D eigenvalue weighted by Crippen LogP contribution is -2.52. The van der Waals surface area contributed by atoms with Crippen LogP contribution in [0.5, 0.6) is 0 Å². The van der Waals surface area contributed by atoms with E-state index in [1.807, 2.05) is 30.3 Å². The Kier molecular flexibility index (Phi) is 5.63. The number of para-hydroxylation sites is 1. The Balaban J connectivity index is 1.35. The molecule has 3 fully saturated rings. The number of aromatic nitrogens is 1. The summed E-state index contributed by atoms with van der Waals surface area (Å²) in [6.45, 7) is 0.979. The maximum absolute atomic E-state index is 13.5. The van der Waals surface area contributed by atoms with Gasteiger partial charge in [0, 0.05) is 29.9 Å². The predicted octanol–water partition coefficient (Wildman–Crippen LogP) is 1.41. The van der Waals surface area contributed by atoms with Gasteiger partial charge in [0.1, 0.15) is 11.7 Å². The molecule has 3 heterocycles. The number of H-pyrrole nitrogens is 1. The number of hydrogen-bond acceptors (Lipinski definition) is 4. The highest BCUT2D eigenvalue weighted by molar-refractivity contribution is 6.00. The fraction of sp³-hybridized carbons (Fsp3) is 0.542. The van der Waals surface area contributed by atoms with Crippen molar-refractivity contribution in [2.75, 3.05) is 19.7 Å². The molecule has 1 aromatic heterocycles. The van der Waals surface area contributed by atoms with Crippen LogP contribution in [0.4, 0.5) is 0 Å². The standard InChI is InChI=1S/C24H30N4O4/c29-13-17(10-15-8-9-25-22(15)30)26-23(31)21-18-6-3-5-16(18)12-28(21)24(32)20-11-14-4-1-2-7-19(14)27-20/h1-2,4,7,11,15-18,21,27,29H,3,5-6,8-10,12-13H2,(H,25,30)(H,26,31)/t15-,16?,17-,18?,21?/m0/s1. The lowest BCUT2D eigenvalue weighted by atomic mass is 9.92. The fourth-order valence-corrected chi connectivity index (χ4v) is 5.87. The number of nitrogens with zero attached hydrogens (tertiary/aromatic N) is 1. The molecular weight excluding hydrogens is 408 g/mol. The highest BCUT2D eigenvalue weighted by Crippen LogP contribution is 2.43. The Labute approximate surface area is 186 Å². The zero-order valence-corrected chi connectivity index (χ0v) is 18.0. The molecule has 5 rings (SSSR count). The van der Waals surface area contributed by atoms with E-state index in [4.69, 9.17) is 0 Å². The summed E-state index contributed by atoms with van der Waals surface area (Å²) in [5.41, 5.74) is 1.39. The highest BCUT2D eigenvalue weighted by Gasteiger charge is 2.50. The number of amides is 3. The van der Waals surface area contributed by atoms with Gasteiger partial charge >= 0.3 is 0 Å². The van der Waals surface area contributed by atoms with Crippen molar-refractivity contribution in [1.29, 1.82) is 0 Å². The van der Waals surface area contributed by atoms with Crippen molar-refractivity contribution in [3.63, 3.8) is 0 Å². The molecule has 2 saturated heterocycles. The van der Waals surface area contributed by atoms with Gasteiger partial charge in [-0.15, -0.1) is 0 Å². The Morgan fingerprint density at radius 2 is 2.06 bits per heavy atom. The molecule has 3 unspecified atom stereocenters. The van der Waals surface area contributed by atoms with Crippen LogP contribution in [0, 0.1) is 17.8 Å². The van der Waals surface area contributed by atoms with E-state index >= 15 is 0 Å². The second kappa shape index (κ2) is 8.58. The molecule has 0 spiro atoms. The lowest BCUT2D eigenvalue weighted by Gasteiger charge is -2.29. The van der Waals surface area contributed by atoms with E-state index in [9.17, 15) is 19.5 Å². The van der Waals surface area contributed by atoms with E-state index in [1.54, 1.807) is 4.90 Å². The van der Waals surface area contributed by atoms with Gasteiger partial charge in [0.2, 0.25) is 11.8 Å². The molecule has 8 heteroatoms. The summed E-state index contributed by atoms with van der Waals surface area (Å²) in [4.78, 5) is 43.7. The normalized spacial score (nSPS) is 28.0. The molecule has 3 amide bonds. The topological polar surface area (TPSA) is 115 Å². The Bertz CT molecular complexity index is 1000. The first-order chi connectivity index (χ1) is 15.5. The van der Waals surface area contributed by atoms with Crippen LogP contribution in [0.1, 0.15) is 42.6 Å². The number of hydrogen-bond donors (Lipinski definition) is 4. The van der Waals surface area contributed by atoms with Crippen molar-refractivity contribution in [2.45, 2.75) is 44.2 Å². The minimum absolute atomic E-state index is 0.0231. The van der Waals surface area contributed by atoms with Gasteiger partial charge in [-0.1, -0.05) is 24.6 Å². The van der Waals surface area contributed by atoms with Gasteiger partial charge in [-0.25, -0.2) is 0 Å². The number of carbonyl (C=O) groups is 3. The largest absolute Gasteiger partial charge is 0.394 e. The van der Waals surface area contributed by atoms with Gasteiger partial charge < -0.3 is 25.6 Å². The summed E-state index contributed by atoms with van der Waals surface area (Å²) >= 11 is 0. The first-order valence-electron chi connectivity index (χ1n) is 11.6. The third-order valence-corrected chi connectivity index (χ3v) is 7.48. The second-order valence-corrected chi connectivity index (χ2v) is 9.43. The maximum atomic E-state index is 13.5. The average Bonchev–Trinajstić information content (AvgIpc) is 3.56. The Morgan fingerprint density at radius 1 is 1.22 bits per heavy atom. The fourth-order valence-electron chi connectivity index (χ4n) is 5.87. The molecule has 0 bridgehead atoms. The van der Waals surface area contributed by atoms with E-state index in [-0.39, 0.29) is 36.2 Å². The zero-order valence-electron chi connectivity index (χ0n) is 18.0. The molecular formula is C24H30N4O4. The zero-order chi connectivity index (χ0) is 22.2. The van der Waals surface area contributed by atoms with E-state index in [0.29, 0.717) is 37.5 Å². The van der Waals surface area contributed by atoms with Crippen molar-refractivity contribution in [3.8, 4) is 0 Å². The molecule has 1 aromatic carbocycles. The second-order valence-electron chi connectivity index (χ2n) is 9.43. The third kappa shape index (κ3) is 3.77. The molecule has 1 saturated carbocycles. The number of nitrogens with one attached hydrogen (secondary N) is 3. The summed E-state index contributed by atoms with van der Waals surface area (Å²) in [5.74, 6) is -0.137. The molecule has 2 aromatic rings. The SMILES string of the molecule is O=C(N[C@H](CO)C[C@@H]1CCNC1=O)C1C2CCCC2CN1C(=O)c1cc2ccccc2[nH]1. The summed E-state index contributed by atoms with van der Waals surface area (Å²) in [6.07, 6.45) is 4.14. The smallest absolute Gasteiger partial charge is 0.271 e. The van der Waals surface area contributed by atoms with Gasteiger partial charge in [-0.3, -0.25) is 14.4 Å². The number of rotatable bonds is 6. The van der Waals surface area contributed by atoms with Crippen molar-refractivity contribution in [2.24, 2.45) is 17.8 Å². The third-order valence-electron chi connectivity index (χ3n) is 7.48. The number of aromatic amines is 1. The van der Waals surface area contributed by atoms with Crippen LogP contribution >= 0.6 is 0 Å². The molecule has 8 nitrogen and oxygen atoms in total. The van der Waals surface area contributed by atoms with Gasteiger partial charge in [-0.2, -0.15) is 0 Å². The summed E-state index contributed by atoms with van der Waals surface area (Å²) in [6, 6.07) is 8.53. The van der Waals surface area contributed by atoms with Crippen LogP contribution in [-0.4, -0.2) is 64.5 Å². The van der Waals surface area contributed by atoms with Gasteiger partial charge in [0.25, 0.3) is 5.91 Å². The lowest BCUT2D eigenvalue weighted by molar-refractivity contribution is -0.128. The molecule has 1 aliphatic carbocycles. The number of aliphatic hydroxyl groups is 1. The van der Waals surface area contributed by atoms with Crippen molar-refractivity contribution in [3.05, 3.63) is 36.0 Å². The minimum atomic E-state index is -0.548. The average molecular weight is 439 g/mol. The predicted molar refractivity (Wildman–Crippen MR) is 119 cm³/mol. The van der Waals surface area contributed by atoms with Crippen LogP contribution in [0.15, 0.2) is 30.3 Å². The van der Waals surface area contributed by atoms with Crippen LogP contribution in [0.3, 0.4) is 0 Å². The first kappa shape index (κ1) is 21.0. The molecule has 4 N–H and O–H groups in total. The van der Waals surface area contributed by atoms with Crippen LogP contribution < -0.4 is 10.6 Å². The molecule has 2 aliphatic heterocycles. The first-order valence-corrected chi connectivity index (χ1v) is 11.6. The monoisotopic (exact) mass is 438 g/mol. The van der Waals surface area contributed by atoms with Gasteiger partial charge in [0.05, 0.1) is 12.6 Å².